The predicted molar refractivity (Wildman–Crippen MR) is 64.4 cm³/mol. The fraction of sp³-hybridized carbons (Fsp3) is 0.600. The van der Waals surface area contributed by atoms with Gasteiger partial charge in [-0.3, -0.25) is 0 Å². The van der Waals surface area contributed by atoms with E-state index in [0.717, 1.165) is 0 Å². The highest BCUT2D eigenvalue weighted by atomic mass is 32.2. The van der Waals surface area contributed by atoms with E-state index in [2.05, 4.69) is 4.72 Å². The summed E-state index contributed by atoms with van der Waals surface area (Å²) < 4.78 is 37.3. The maximum atomic E-state index is 11.8. The Labute approximate surface area is 105 Å². The normalized spacial score (nSPS) is 24.0. The van der Waals surface area contributed by atoms with Gasteiger partial charge < -0.3 is 9.47 Å². The summed E-state index contributed by atoms with van der Waals surface area (Å²) in [4.78, 5) is 0. The van der Waals surface area contributed by atoms with Gasteiger partial charge in [-0.05, 0) is 25.3 Å². The molecule has 96 valence electrons. The van der Waals surface area contributed by atoms with E-state index in [4.69, 9.17) is 9.47 Å². The molecule has 1 unspecified atom stereocenters. The molecule has 2 heterocycles. The molecule has 2 rings (SSSR count). The summed E-state index contributed by atoms with van der Waals surface area (Å²) in [5, 5.41) is 1.73. The van der Waals surface area contributed by atoms with Crippen molar-refractivity contribution in [1.82, 2.24) is 4.72 Å². The Balaban J connectivity index is 1.91. The van der Waals surface area contributed by atoms with Crippen LogP contribution in [0, 0.1) is 0 Å². The number of ether oxygens (including phenoxy) is 2. The van der Waals surface area contributed by atoms with Crippen molar-refractivity contribution >= 4 is 21.4 Å². The summed E-state index contributed by atoms with van der Waals surface area (Å²) in [5.41, 5.74) is 0. The zero-order chi connectivity index (χ0) is 12.5. The van der Waals surface area contributed by atoms with Crippen LogP contribution in [0.15, 0.2) is 21.7 Å². The van der Waals surface area contributed by atoms with Crippen LogP contribution < -0.4 is 4.72 Å². The highest BCUT2D eigenvalue weighted by Crippen LogP contribution is 2.22. The second kappa shape index (κ2) is 4.66. The SMILES string of the molecule is CC1(C)OCC(CNS(=O)(=O)c2cccs2)O1. The summed E-state index contributed by atoms with van der Waals surface area (Å²) in [7, 11) is -3.41. The fourth-order valence-electron chi connectivity index (χ4n) is 1.55. The Morgan fingerprint density at radius 3 is 2.88 bits per heavy atom. The zero-order valence-corrected chi connectivity index (χ0v) is 11.3. The third-order valence-electron chi connectivity index (χ3n) is 2.33. The van der Waals surface area contributed by atoms with Crippen molar-refractivity contribution in [2.45, 2.75) is 29.9 Å². The lowest BCUT2D eigenvalue weighted by Gasteiger charge is -2.17. The Bertz CT molecular complexity index is 467. The molecule has 0 radical (unpaired) electrons. The number of nitrogens with one attached hydrogen (secondary N) is 1. The summed E-state index contributed by atoms with van der Waals surface area (Å²) >= 11 is 1.19. The number of thiophene rings is 1. The Morgan fingerprint density at radius 1 is 1.59 bits per heavy atom. The van der Waals surface area contributed by atoms with E-state index in [-0.39, 0.29) is 12.6 Å². The molecule has 0 aliphatic carbocycles. The lowest BCUT2D eigenvalue weighted by Crippen LogP contribution is -2.34. The lowest BCUT2D eigenvalue weighted by atomic mass is 10.4. The van der Waals surface area contributed by atoms with Crippen molar-refractivity contribution < 1.29 is 17.9 Å². The monoisotopic (exact) mass is 277 g/mol. The summed E-state index contributed by atoms with van der Waals surface area (Å²) in [5.74, 6) is -0.626. The maximum Gasteiger partial charge on any atom is 0.250 e. The van der Waals surface area contributed by atoms with Crippen LogP contribution in [0.5, 0.6) is 0 Å². The molecule has 1 N–H and O–H groups in total. The van der Waals surface area contributed by atoms with Crippen LogP contribution in [0.1, 0.15) is 13.8 Å². The molecule has 1 fully saturated rings. The van der Waals surface area contributed by atoms with E-state index in [1.54, 1.807) is 31.4 Å². The second-order valence-electron chi connectivity index (χ2n) is 4.23. The molecule has 1 atom stereocenters. The zero-order valence-electron chi connectivity index (χ0n) is 9.67. The van der Waals surface area contributed by atoms with E-state index in [0.29, 0.717) is 10.8 Å². The average molecular weight is 277 g/mol. The molecule has 17 heavy (non-hydrogen) atoms. The molecule has 0 amide bonds. The molecule has 0 aromatic carbocycles. The summed E-state index contributed by atoms with van der Waals surface area (Å²) in [6.45, 7) is 4.24. The quantitative estimate of drug-likeness (QED) is 0.897. The van der Waals surface area contributed by atoms with Gasteiger partial charge in [-0.15, -0.1) is 11.3 Å². The molecule has 1 aliphatic rings. The van der Waals surface area contributed by atoms with E-state index in [1.165, 1.54) is 11.3 Å². The Kier molecular flexibility index (Phi) is 3.55. The number of rotatable bonds is 4. The molecule has 1 aliphatic heterocycles. The minimum absolute atomic E-state index is 0.226. The fourth-order valence-corrected chi connectivity index (χ4v) is 3.66. The smallest absolute Gasteiger partial charge is 0.250 e. The molecule has 0 bridgehead atoms. The first kappa shape index (κ1) is 13.0. The lowest BCUT2D eigenvalue weighted by molar-refractivity contribution is -0.137. The van der Waals surface area contributed by atoms with Gasteiger partial charge >= 0.3 is 0 Å². The highest BCUT2D eigenvalue weighted by Gasteiger charge is 2.33. The highest BCUT2D eigenvalue weighted by molar-refractivity contribution is 7.91. The van der Waals surface area contributed by atoms with E-state index < -0.39 is 15.8 Å². The Hall–Kier alpha value is -0.470. The van der Waals surface area contributed by atoms with E-state index >= 15 is 0 Å². The molecule has 1 aromatic heterocycles. The molecule has 7 heteroatoms. The first-order chi connectivity index (χ1) is 7.89. The first-order valence-corrected chi connectivity index (χ1v) is 7.60. The molecule has 0 saturated carbocycles. The van der Waals surface area contributed by atoms with Gasteiger partial charge in [-0.2, -0.15) is 0 Å². The summed E-state index contributed by atoms with van der Waals surface area (Å²) in [6.07, 6.45) is -0.236. The number of hydrogen-bond acceptors (Lipinski definition) is 5. The largest absolute Gasteiger partial charge is 0.348 e. The minimum Gasteiger partial charge on any atom is -0.348 e. The molecular formula is C10H15NO4S2. The molecule has 1 aromatic rings. The van der Waals surface area contributed by atoms with E-state index in [1.807, 2.05) is 0 Å². The maximum absolute atomic E-state index is 11.8. The minimum atomic E-state index is -3.41. The van der Waals surface area contributed by atoms with Gasteiger partial charge in [-0.25, -0.2) is 13.1 Å². The molecule has 5 nitrogen and oxygen atoms in total. The van der Waals surface area contributed by atoms with Crippen molar-refractivity contribution in [2.75, 3.05) is 13.2 Å². The van der Waals surface area contributed by atoms with Gasteiger partial charge in [0.1, 0.15) is 4.21 Å². The van der Waals surface area contributed by atoms with Crippen LogP contribution in [0.25, 0.3) is 0 Å². The molecule has 0 spiro atoms. The topological polar surface area (TPSA) is 64.6 Å². The van der Waals surface area contributed by atoms with E-state index in [9.17, 15) is 8.42 Å². The number of sulfonamides is 1. The van der Waals surface area contributed by atoms with Crippen LogP contribution in [0.2, 0.25) is 0 Å². The second-order valence-corrected chi connectivity index (χ2v) is 7.18. The number of hydrogen-bond donors (Lipinski definition) is 1. The Morgan fingerprint density at radius 2 is 2.35 bits per heavy atom. The van der Waals surface area contributed by atoms with Crippen LogP contribution >= 0.6 is 11.3 Å². The van der Waals surface area contributed by atoms with Crippen LogP contribution in [0.4, 0.5) is 0 Å². The standard InChI is InChI=1S/C10H15NO4S2/c1-10(2)14-7-8(15-10)6-11-17(12,13)9-4-3-5-16-9/h3-5,8,11H,6-7H2,1-2H3. The van der Waals surface area contributed by atoms with Gasteiger partial charge in [0.15, 0.2) is 5.79 Å². The van der Waals surface area contributed by atoms with Crippen molar-refractivity contribution in [3.63, 3.8) is 0 Å². The third-order valence-corrected chi connectivity index (χ3v) is 5.15. The van der Waals surface area contributed by atoms with Gasteiger partial charge in [0.05, 0.1) is 12.7 Å². The third kappa shape index (κ3) is 3.26. The van der Waals surface area contributed by atoms with Gasteiger partial charge in [-0.1, -0.05) is 6.07 Å². The van der Waals surface area contributed by atoms with Crippen molar-refractivity contribution in [1.29, 1.82) is 0 Å². The van der Waals surface area contributed by atoms with Crippen LogP contribution in [0.3, 0.4) is 0 Å². The van der Waals surface area contributed by atoms with Crippen LogP contribution in [-0.4, -0.2) is 33.5 Å². The van der Waals surface area contributed by atoms with Gasteiger partial charge in [0.2, 0.25) is 10.0 Å². The summed E-state index contributed by atoms with van der Waals surface area (Å²) in [6, 6.07) is 3.28. The van der Waals surface area contributed by atoms with Crippen molar-refractivity contribution in [3.05, 3.63) is 17.5 Å². The molecular weight excluding hydrogens is 262 g/mol. The predicted octanol–water partition coefficient (Wildman–Crippen LogP) is 1.18. The van der Waals surface area contributed by atoms with Gasteiger partial charge in [0.25, 0.3) is 0 Å². The van der Waals surface area contributed by atoms with Crippen LogP contribution in [-0.2, 0) is 19.5 Å². The molecule has 1 saturated heterocycles. The van der Waals surface area contributed by atoms with Crippen molar-refractivity contribution in [2.24, 2.45) is 0 Å². The van der Waals surface area contributed by atoms with Crippen molar-refractivity contribution in [3.8, 4) is 0 Å². The average Bonchev–Trinajstić information content (AvgIpc) is 2.84. The van der Waals surface area contributed by atoms with Gasteiger partial charge in [0, 0.05) is 6.54 Å². The first-order valence-electron chi connectivity index (χ1n) is 5.24.